The van der Waals surface area contributed by atoms with Crippen molar-refractivity contribution >= 4 is 33.6 Å². The summed E-state index contributed by atoms with van der Waals surface area (Å²) in [4.78, 5) is 12.9. The molecule has 180 valence electrons. The van der Waals surface area contributed by atoms with Gasteiger partial charge < -0.3 is 19.3 Å². The van der Waals surface area contributed by atoms with Crippen molar-refractivity contribution in [3.63, 3.8) is 0 Å². The highest BCUT2D eigenvalue weighted by atomic mass is 28.4. The van der Waals surface area contributed by atoms with E-state index in [0.717, 1.165) is 0 Å². The Labute approximate surface area is 194 Å². The molecule has 0 radical (unpaired) electrons. The maximum atomic E-state index is 6.85. The number of aromatic nitrogens is 4. The van der Waals surface area contributed by atoms with Crippen molar-refractivity contribution in [1.82, 2.24) is 19.5 Å². The minimum Gasteiger partial charge on any atom is -0.414 e. The molecule has 2 aromatic heterocycles. The third-order valence-electron chi connectivity index (χ3n) is 7.54. The molecule has 3 rings (SSSR count). The quantitative estimate of drug-likeness (QED) is 0.575. The number of fused-ring (bicyclic) bond motifs is 1. The zero-order chi connectivity index (χ0) is 24.1. The molecule has 10 heteroatoms. The minimum atomic E-state index is -2.00. The van der Waals surface area contributed by atoms with E-state index in [1.807, 2.05) is 4.57 Å². The van der Waals surface area contributed by atoms with E-state index in [2.05, 4.69) is 82.7 Å². The topological polar surface area (TPSA) is 97.3 Å². The first kappa shape index (κ1) is 25.3. The first-order valence-electron chi connectivity index (χ1n) is 11.4. The van der Waals surface area contributed by atoms with E-state index in [0.29, 0.717) is 30.0 Å². The number of ether oxygens (including phenoxy) is 1. The summed E-state index contributed by atoms with van der Waals surface area (Å²) in [5.41, 5.74) is 7.26. The molecule has 1 aliphatic rings. The molecule has 0 aromatic carbocycles. The molecule has 3 atom stereocenters. The average molecular weight is 480 g/mol. The van der Waals surface area contributed by atoms with Crippen LogP contribution in [0.5, 0.6) is 0 Å². The third-order valence-corrected chi connectivity index (χ3v) is 16.5. The van der Waals surface area contributed by atoms with Gasteiger partial charge in [-0.25, -0.2) is 15.0 Å². The predicted molar refractivity (Wildman–Crippen MR) is 133 cm³/mol. The summed E-state index contributed by atoms with van der Waals surface area (Å²) in [5.74, 6) is 0.374. The van der Waals surface area contributed by atoms with Crippen LogP contribution in [0.25, 0.3) is 11.2 Å². The smallest absolute Gasteiger partial charge is 0.192 e. The SMILES string of the molecule is CC(C)(C)[Si](C)(C)OC[C@H]1O[C@@H](n2cnc3c(N)ncnc32)C[C@H]1O[Si](C)(C)C(C)(C)C. The maximum Gasteiger partial charge on any atom is 0.192 e. The second-order valence-electron chi connectivity index (χ2n) is 11.9. The highest BCUT2D eigenvalue weighted by Crippen LogP contribution is 2.42. The van der Waals surface area contributed by atoms with Gasteiger partial charge in [0.2, 0.25) is 0 Å². The van der Waals surface area contributed by atoms with Crippen molar-refractivity contribution in [2.75, 3.05) is 12.3 Å². The van der Waals surface area contributed by atoms with Crippen LogP contribution in [0.4, 0.5) is 5.82 Å². The molecule has 2 N–H and O–H groups in total. The second-order valence-corrected chi connectivity index (χ2v) is 21.5. The van der Waals surface area contributed by atoms with Gasteiger partial charge in [0, 0.05) is 6.42 Å². The third kappa shape index (κ3) is 4.94. The summed E-state index contributed by atoms with van der Waals surface area (Å²) in [6.07, 6.45) is 3.47. The fourth-order valence-electron chi connectivity index (χ4n) is 3.29. The summed E-state index contributed by atoms with van der Waals surface area (Å²) in [7, 11) is -3.91. The van der Waals surface area contributed by atoms with Crippen LogP contribution in [0.15, 0.2) is 12.7 Å². The van der Waals surface area contributed by atoms with Gasteiger partial charge in [0.15, 0.2) is 28.1 Å². The molecular weight excluding hydrogens is 438 g/mol. The molecule has 0 spiro atoms. The predicted octanol–water partition coefficient (Wildman–Crippen LogP) is 5.11. The molecule has 0 aliphatic carbocycles. The number of nitrogen functional groups attached to an aromatic ring is 1. The van der Waals surface area contributed by atoms with Crippen molar-refractivity contribution in [2.45, 2.75) is 103 Å². The maximum absolute atomic E-state index is 6.85. The number of nitrogens with two attached hydrogens (primary N) is 1. The van der Waals surface area contributed by atoms with Crippen LogP contribution < -0.4 is 5.73 Å². The number of nitrogens with zero attached hydrogens (tertiary/aromatic N) is 4. The standard InChI is InChI=1S/C22H41N5O3Si2/c1-21(2,3)31(7,8)28-12-16-15(30-32(9,10)22(4,5)6)11-17(29-16)27-14-26-18-19(23)24-13-25-20(18)27/h13-17H,11-12H2,1-10H3,(H2,23,24,25)/t15-,16-,17-/m1/s1. The minimum absolute atomic E-state index is 0.0534. The molecule has 3 heterocycles. The van der Waals surface area contributed by atoms with Crippen molar-refractivity contribution in [3.8, 4) is 0 Å². The molecule has 1 aliphatic heterocycles. The van der Waals surface area contributed by atoms with Gasteiger partial charge in [0.25, 0.3) is 0 Å². The Bertz CT molecular complexity index is 949. The number of imidazole rings is 1. The molecule has 2 aromatic rings. The van der Waals surface area contributed by atoms with Crippen molar-refractivity contribution in [1.29, 1.82) is 0 Å². The van der Waals surface area contributed by atoms with E-state index in [1.54, 1.807) is 6.33 Å². The Morgan fingerprint density at radius 1 is 1.03 bits per heavy atom. The molecule has 0 saturated carbocycles. The Kier molecular flexibility index (Phi) is 6.69. The Morgan fingerprint density at radius 3 is 2.25 bits per heavy atom. The van der Waals surface area contributed by atoms with Gasteiger partial charge in [-0.2, -0.15) is 0 Å². The second kappa shape index (κ2) is 8.46. The number of rotatable bonds is 6. The van der Waals surface area contributed by atoms with Crippen LogP contribution in [0.3, 0.4) is 0 Å². The molecule has 8 nitrogen and oxygen atoms in total. The van der Waals surface area contributed by atoms with Gasteiger partial charge in [-0.15, -0.1) is 0 Å². The highest BCUT2D eigenvalue weighted by Gasteiger charge is 2.46. The lowest BCUT2D eigenvalue weighted by molar-refractivity contribution is -0.0383. The number of hydrogen-bond donors (Lipinski definition) is 1. The lowest BCUT2D eigenvalue weighted by Crippen LogP contribution is -2.48. The fourth-order valence-corrected chi connectivity index (χ4v) is 5.66. The Balaban J connectivity index is 1.87. The lowest BCUT2D eigenvalue weighted by Gasteiger charge is -2.40. The van der Waals surface area contributed by atoms with Crippen molar-refractivity contribution < 1.29 is 13.6 Å². The first-order valence-corrected chi connectivity index (χ1v) is 17.3. The lowest BCUT2D eigenvalue weighted by atomic mass is 10.2. The van der Waals surface area contributed by atoms with Gasteiger partial charge >= 0.3 is 0 Å². The summed E-state index contributed by atoms with van der Waals surface area (Å²) in [6, 6.07) is 0. The summed E-state index contributed by atoms with van der Waals surface area (Å²) < 4.78 is 21.9. The Hall–Kier alpha value is -1.34. The zero-order valence-corrected chi connectivity index (χ0v) is 23.4. The Morgan fingerprint density at radius 2 is 1.66 bits per heavy atom. The molecule has 0 unspecified atom stereocenters. The molecule has 0 bridgehead atoms. The van der Waals surface area contributed by atoms with E-state index in [1.165, 1.54) is 6.33 Å². The summed E-state index contributed by atoms with van der Waals surface area (Å²) in [5, 5.41) is 0.245. The highest BCUT2D eigenvalue weighted by molar-refractivity contribution is 6.74. The first-order chi connectivity index (χ1) is 14.5. The average Bonchev–Trinajstić information content (AvgIpc) is 3.22. The monoisotopic (exact) mass is 479 g/mol. The molecule has 1 saturated heterocycles. The largest absolute Gasteiger partial charge is 0.414 e. The van der Waals surface area contributed by atoms with Crippen LogP contribution in [-0.4, -0.2) is 55.0 Å². The van der Waals surface area contributed by atoms with E-state index < -0.39 is 16.6 Å². The normalized spacial score (nSPS) is 23.2. The van der Waals surface area contributed by atoms with E-state index in [9.17, 15) is 0 Å². The van der Waals surface area contributed by atoms with Gasteiger partial charge in [-0.1, -0.05) is 41.5 Å². The van der Waals surface area contributed by atoms with Gasteiger partial charge in [0.1, 0.15) is 24.2 Å². The van der Waals surface area contributed by atoms with Gasteiger partial charge in [-0.3, -0.25) is 4.57 Å². The van der Waals surface area contributed by atoms with Crippen molar-refractivity contribution in [3.05, 3.63) is 12.7 Å². The van der Waals surface area contributed by atoms with Crippen LogP contribution >= 0.6 is 0 Å². The zero-order valence-electron chi connectivity index (χ0n) is 21.4. The molecule has 32 heavy (non-hydrogen) atoms. The summed E-state index contributed by atoms with van der Waals surface area (Å²) in [6.45, 7) is 23.2. The molecular formula is C22H41N5O3Si2. The fraction of sp³-hybridized carbons (Fsp3) is 0.773. The van der Waals surface area contributed by atoms with Crippen LogP contribution in [0.1, 0.15) is 54.2 Å². The van der Waals surface area contributed by atoms with E-state index >= 15 is 0 Å². The summed E-state index contributed by atoms with van der Waals surface area (Å²) >= 11 is 0. The molecule has 1 fully saturated rings. The van der Waals surface area contributed by atoms with Gasteiger partial charge in [-0.05, 0) is 36.3 Å². The van der Waals surface area contributed by atoms with Gasteiger partial charge in [0.05, 0.1) is 19.0 Å². The van der Waals surface area contributed by atoms with E-state index in [4.69, 9.17) is 19.3 Å². The number of hydrogen-bond acceptors (Lipinski definition) is 7. The molecule has 0 amide bonds. The number of anilines is 1. The van der Waals surface area contributed by atoms with Crippen LogP contribution in [0.2, 0.25) is 36.3 Å². The van der Waals surface area contributed by atoms with Crippen LogP contribution in [-0.2, 0) is 13.6 Å². The van der Waals surface area contributed by atoms with E-state index in [-0.39, 0.29) is 28.5 Å². The van der Waals surface area contributed by atoms with Crippen molar-refractivity contribution in [2.24, 2.45) is 0 Å². The van der Waals surface area contributed by atoms with Crippen LogP contribution in [0, 0.1) is 0 Å².